The Morgan fingerprint density at radius 2 is 1.95 bits per heavy atom. The van der Waals surface area contributed by atoms with E-state index < -0.39 is 11.7 Å². The lowest BCUT2D eigenvalue weighted by molar-refractivity contribution is -0.137. The summed E-state index contributed by atoms with van der Waals surface area (Å²) in [6.07, 6.45) is -3.16. The number of alkyl halides is 3. The third kappa shape index (κ3) is 3.41. The number of pyridine rings is 1. The Labute approximate surface area is 122 Å². The van der Waals surface area contributed by atoms with Crippen LogP contribution in [0.2, 0.25) is 0 Å². The second kappa shape index (κ2) is 5.70. The molecule has 106 valence electrons. The first-order valence-corrected chi connectivity index (χ1v) is 6.47. The number of nitrogen functional groups attached to an aromatic ring is 1. The highest BCUT2D eigenvalue weighted by Crippen LogP contribution is 2.35. The van der Waals surface area contributed by atoms with Gasteiger partial charge in [0, 0.05) is 22.9 Å². The minimum absolute atomic E-state index is 0.171. The molecular formula is C13H11BrF3N3. The summed E-state index contributed by atoms with van der Waals surface area (Å²) in [6, 6.07) is 7.96. The summed E-state index contributed by atoms with van der Waals surface area (Å²) < 4.78 is 39.0. The van der Waals surface area contributed by atoms with Crippen molar-refractivity contribution < 1.29 is 13.2 Å². The van der Waals surface area contributed by atoms with Gasteiger partial charge in [-0.2, -0.15) is 13.2 Å². The van der Waals surface area contributed by atoms with Crippen LogP contribution in [0.5, 0.6) is 0 Å². The predicted octanol–water partition coefficient (Wildman–Crippen LogP) is 4.06. The summed E-state index contributed by atoms with van der Waals surface area (Å²) in [5.74, 6) is -0.219. The fraction of sp³-hybridized carbons (Fsp3) is 0.154. The fourth-order valence-electron chi connectivity index (χ4n) is 1.67. The normalized spacial score (nSPS) is 11.4. The van der Waals surface area contributed by atoms with Gasteiger partial charge in [-0.05, 0) is 33.6 Å². The number of halogens is 4. The highest BCUT2D eigenvalue weighted by Gasteiger charge is 2.34. The van der Waals surface area contributed by atoms with Crippen molar-refractivity contribution in [1.29, 1.82) is 0 Å². The number of para-hydroxylation sites is 1. The van der Waals surface area contributed by atoms with Crippen molar-refractivity contribution in [3.8, 4) is 0 Å². The van der Waals surface area contributed by atoms with Crippen LogP contribution >= 0.6 is 15.9 Å². The molecule has 0 aliphatic heterocycles. The van der Waals surface area contributed by atoms with E-state index in [1.54, 1.807) is 24.3 Å². The molecule has 0 aliphatic carbocycles. The molecule has 0 saturated carbocycles. The number of anilines is 2. The molecule has 3 N–H and O–H groups in total. The molecule has 1 aromatic heterocycles. The largest absolute Gasteiger partial charge is 0.419 e. The molecule has 0 radical (unpaired) electrons. The molecule has 0 aliphatic rings. The van der Waals surface area contributed by atoms with Gasteiger partial charge in [0.05, 0.1) is 5.56 Å². The lowest BCUT2D eigenvalue weighted by Crippen LogP contribution is -2.13. The molecule has 0 saturated heterocycles. The van der Waals surface area contributed by atoms with Crippen molar-refractivity contribution >= 4 is 27.4 Å². The molecule has 1 heterocycles. The topological polar surface area (TPSA) is 50.9 Å². The average Bonchev–Trinajstić information content (AvgIpc) is 2.38. The number of aromatic nitrogens is 1. The van der Waals surface area contributed by atoms with Crippen LogP contribution in [0.4, 0.5) is 24.7 Å². The average molecular weight is 346 g/mol. The summed E-state index contributed by atoms with van der Waals surface area (Å²) >= 11 is 2.99. The number of nitrogens with two attached hydrogens (primary N) is 1. The summed E-state index contributed by atoms with van der Waals surface area (Å²) in [6.45, 7) is 0.171. The first kappa shape index (κ1) is 14.6. The number of hydrogen-bond donors (Lipinski definition) is 2. The van der Waals surface area contributed by atoms with Crippen molar-refractivity contribution in [3.63, 3.8) is 0 Å². The molecule has 0 bridgehead atoms. The molecule has 2 aromatic rings. The Kier molecular flexibility index (Phi) is 4.17. The minimum atomic E-state index is -4.47. The first-order valence-electron chi connectivity index (χ1n) is 5.68. The maximum atomic E-state index is 12.9. The number of nitrogens with one attached hydrogen (secondary N) is 1. The van der Waals surface area contributed by atoms with E-state index in [1.807, 2.05) is 0 Å². The predicted molar refractivity (Wildman–Crippen MR) is 75.1 cm³/mol. The molecule has 0 fully saturated rings. The van der Waals surface area contributed by atoms with Crippen LogP contribution in [0.3, 0.4) is 0 Å². The summed E-state index contributed by atoms with van der Waals surface area (Å²) in [5, 5.41) is 2.67. The van der Waals surface area contributed by atoms with Gasteiger partial charge in [-0.3, -0.25) is 0 Å². The smallest absolute Gasteiger partial charge is 0.398 e. The van der Waals surface area contributed by atoms with Crippen LogP contribution < -0.4 is 11.1 Å². The first-order chi connectivity index (χ1) is 9.38. The Morgan fingerprint density at radius 1 is 1.25 bits per heavy atom. The maximum absolute atomic E-state index is 12.9. The van der Waals surface area contributed by atoms with Crippen molar-refractivity contribution in [1.82, 2.24) is 4.98 Å². The van der Waals surface area contributed by atoms with Crippen molar-refractivity contribution in [2.75, 3.05) is 11.1 Å². The standard InChI is InChI=1S/C13H11BrF3N3/c14-9-5-10(13(15,16)17)12(20-7-9)19-6-8-3-1-2-4-11(8)18/h1-5,7H,6,18H2,(H,19,20). The van der Waals surface area contributed by atoms with E-state index in [4.69, 9.17) is 5.73 Å². The van der Waals surface area contributed by atoms with E-state index in [1.165, 1.54) is 6.20 Å². The van der Waals surface area contributed by atoms with Crippen LogP contribution in [0.25, 0.3) is 0 Å². The zero-order valence-corrected chi connectivity index (χ0v) is 11.8. The summed E-state index contributed by atoms with van der Waals surface area (Å²) in [7, 11) is 0. The number of nitrogens with zero attached hydrogens (tertiary/aromatic N) is 1. The van der Waals surface area contributed by atoms with Crippen molar-refractivity contribution in [3.05, 3.63) is 52.1 Å². The van der Waals surface area contributed by atoms with Gasteiger partial charge in [0.2, 0.25) is 0 Å². The van der Waals surface area contributed by atoms with E-state index in [-0.39, 0.29) is 16.8 Å². The van der Waals surface area contributed by atoms with E-state index in [9.17, 15) is 13.2 Å². The number of benzene rings is 1. The van der Waals surface area contributed by atoms with E-state index in [2.05, 4.69) is 26.2 Å². The van der Waals surface area contributed by atoms with Crippen LogP contribution in [-0.2, 0) is 12.7 Å². The summed E-state index contributed by atoms with van der Waals surface area (Å²) in [5.41, 5.74) is 6.16. The molecule has 20 heavy (non-hydrogen) atoms. The molecule has 0 atom stereocenters. The molecule has 0 spiro atoms. The summed E-state index contributed by atoms with van der Waals surface area (Å²) in [4.78, 5) is 3.77. The van der Waals surface area contributed by atoms with Crippen molar-refractivity contribution in [2.45, 2.75) is 12.7 Å². The van der Waals surface area contributed by atoms with E-state index in [0.717, 1.165) is 6.07 Å². The highest BCUT2D eigenvalue weighted by molar-refractivity contribution is 9.10. The van der Waals surface area contributed by atoms with Gasteiger partial charge in [-0.1, -0.05) is 18.2 Å². The molecule has 3 nitrogen and oxygen atoms in total. The van der Waals surface area contributed by atoms with Crippen molar-refractivity contribution in [2.24, 2.45) is 0 Å². The lowest BCUT2D eigenvalue weighted by atomic mass is 10.2. The number of rotatable bonds is 3. The van der Waals surface area contributed by atoms with Gasteiger partial charge in [0.25, 0.3) is 0 Å². The Hall–Kier alpha value is -1.76. The second-order valence-corrected chi connectivity index (χ2v) is 5.02. The Morgan fingerprint density at radius 3 is 2.60 bits per heavy atom. The monoisotopic (exact) mass is 345 g/mol. The molecule has 0 unspecified atom stereocenters. The Balaban J connectivity index is 2.24. The zero-order chi connectivity index (χ0) is 14.8. The van der Waals surface area contributed by atoms with E-state index >= 15 is 0 Å². The van der Waals surface area contributed by atoms with Gasteiger partial charge in [-0.15, -0.1) is 0 Å². The van der Waals surface area contributed by atoms with Crippen LogP contribution in [0.1, 0.15) is 11.1 Å². The third-order valence-electron chi connectivity index (χ3n) is 2.66. The lowest BCUT2D eigenvalue weighted by Gasteiger charge is -2.14. The van der Waals surface area contributed by atoms with Gasteiger partial charge >= 0.3 is 6.18 Å². The van der Waals surface area contributed by atoms with Gasteiger partial charge in [-0.25, -0.2) is 4.98 Å². The van der Waals surface area contributed by atoms with Gasteiger partial charge in [0.1, 0.15) is 5.82 Å². The second-order valence-electron chi connectivity index (χ2n) is 4.10. The SMILES string of the molecule is Nc1ccccc1CNc1ncc(Br)cc1C(F)(F)F. The molecule has 1 aromatic carbocycles. The Bertz CT molecular complexity index is 614. The van der Waals surface area contributed by atoms with Crippen LogP contribution in [-0.4, -0.2) is 4.98 Å². The zero-order valence-electron chi connectivity index (χ0n) is 10.2. The van der Waals surface area contributed by atoms with Gasteiger partial charge in [0.15, 0.2) is 0 Å². The minimum Gasteiger partial charge on any atom is -0.398 e. The number of hydrogen-bond acceptors (Lipinski definition) is 3. The molecule has 0 amide bonds. The quantitative estimate of drug-likeness (QED) is 0.825. The van der Waals surface area contributed by atoms with Gasteiger partial charge < -0.3 is 11.1 Å². The molecular weight excluding hydrogens is 335 g/mol. The maximum Gasteiger partial charge on any atom is 0.419 e. The fourth-order valence-corrected chi connectivity index (χ4v) is 2.00. The highest BCUT2D eigenvalue weighted by atomic mass is 79.9. The molecule has 2 rings (SSSR count). The van der Waals surface area contributed by atoms with E-state index in [0.29, 0.717) is 11.3 Å². The van der Waals surface area contributed by atoms with Crippen LogP contribution in [0, 0.1) is 0 Å². The van der Waals surface area contributed by atoms with Crippen LogP contribution in [0.15, 0.2) is 41.0 Å². The molecule has 7 heteroatoms. The third-order valence-corrected chi connectivity index (χ3v) is 3.09.